The first kappa shape index (κ1) is 11.6. The zero-order valence-electron chi connectivity index (χ0n) is 9.06. The van der Waals surface area contributed by atoms with Gasteiger partial charge in [0.1, 0.15) is 12.2 Å². The summed E-state index contributed by atoms with van der Waals surface area (Å²) in [6, 6.07) is 0. The van der Waals surface area contributed by atoms with Crippen molar-refractivity contribution in [2.45, 2.75) is 12.8 Å². The molecular formula is C9H16N4O2. The lowest BCUT2D eigenvalue weighted by molar-refractivity contribution is -0.140. The molecule has 1 aromatic rings. The average molecular weight is 212 g/mol. The quantitative estimate of drug-likeness (QED) is 0.509. The van der Waals surface area contributed by atoms with Gasteiger partial charge in [0.2, 0.25) is 0 Å². The standard InChI is InChI=1S/C9H16N4O2/c1-13-7-11-12-8(13)3-5-10-6-4-9(14)15-2/h7,10H,3-6H2,1-2H3. The number of carbonyl (C=O) groups is 1. The fourth-order valence-electron chi connectivity index (χ4n) is 1.15. The van der Waals surface area contributed by atoms with Crippen molar-refractivity contribution >= 4 is 5.97 Å². The van der Waals surface area contributed by atoms with Crippen LogP contribution in [0.1, 0.15) is 12.2 Å². The Morgan fingerprint density at radius 2 is 2.40 bits per heavy atom. The van der Waals surface area contributed by atoms with E-state index in [4.69, 9.17) is 0 Å². The Balaban J connectivity index is 2.07. The Bertz CT molecular complexity index is 311. The van der Waals surface area contributed by atoms with Gasteiger partial charge in [0, 0.05) is 26.6 Å². The molecule has 0 amide bonds. The molecule has 6 nitrogen and oxygen atoms in total. The van der Waals surface area contributed by atoms with Crippen LogP contribution in [0.5, 0.6) is 0 Å². The van der Waals surface area contributed by atoms with Gasteiger partial charge in [0.15, 0.2) is 0 Å². The first-order valence-corrected chi connectivity index (χ1v) is 4.84. The number of nitrogens with zero attached hydrogens (tertiary/aromatic N) is 3. The van der Waals surface area contributed by atoms with Crippen LogP contribution >= 0.6 is 0 Å². The molecule has 0 aliphatic rings. The minimum atomic E-state index is -0.193. The summed E-state index contributed by atoms with van der Waals surface area (Å²) in [5.41, 5.74) is 0. The van der Waals surface area contributed by atoms with E-state index in [9.17, 15) is 4.79 Å². The molecule has 1 rings (SSSR count). The highest BCUT2D eigenvalue weighted by molar-refractivity contribution is 5.69. The second-order valence-electron chi connectivity index (χ2n) is 3.18. The molecule has 1 heterocycles. The molecule has 84 valence electrons. The largest absolute Gasteiger partial charge is 0.469 e. The Kier molecular flexibility index (Phi) is 4.76. The van der Waals surface area contributed by atoms with Gasteiger partial charge in [-0.25, -0.2) is 0 Å². The fourth-order valence-corrected chi connectivity index (χ4v) is 1.15. The van der Waals surface area contributed by atoms with Gasteiger partial charge in [0.25, 0.3) is 0 Å². The molecule has 0 aliphatic heterocycles. The van der Waals surface area contributed by atoms with Crippen molar-refractivity contribution in [1.29, 1.82) is 0 Å². The average Bonchev–Trinajstić information content (AvgIpc) is 2.63. The normalized spacial score (nSPS) is 10.3. The summed E-state index contributed by atoms with van der Waals surface area (Å²) in [4.78, 5) is 10.8. The van der Waals surface area contributed by atoms with Crippen molar-refractivity contribution < 1.29 is 9.53 Å². The number of rotatable bonds is 6. The molecule has 1 N–H and O–H groups in total. The van der Waals surface area contributed by atoms with Gasteiger partial charge in [-0.15, -0.1) is 10.2 Å². The van der Waals surface area contributed by atoms with Crippen molar-refractivity contribution in [3.63, 3.8) is 0 Å². The van der Waals surface area contributed by atoms with E-state index >= 15 is 0 Å². The molecule has 15 heavy (non-hydrogen) atoms. The summed E-state index contributed by atoms with van der Waals surface area (Å²) in [7, 11) is 3.30. The number of methoxy groups -OCH3 is 1. The van der Waals surface area contributed by atoms with E-state index in [1.807, 2.05) is 11.6 Å². The number of aryl methyl sites for hydroxylation is 1. The van der Waals surface area contributed by atoms with Gasteiger partial charge < -0.3 is 14.6 Å². The van der Waals surface area contributed by atoms with Crippen LogP contribution in [0, 0.1) is 0 Å². The molecule has 0 radical (unpaired) electrons. The Hall–Kier alpha value is -1.43. The van der Waals surface area contributed by atoms with Gasteiger partial charge in [-0.3, -0.25) is 4.79 Å². The van der Waals surface area contributed by atoms with Gasteiger partial charge in [-0.2, -0.15) is 0 Å². The first-order chi connectivity index (χ1) is 7.24. The summed E-state index contributed by atoms with van der Waals surface area (Å²) in [6.45, 7) is 1.41. The van der Waals surface area contributed by atoms with Crippen molar-refractivity contribution in [2.24, 2.45) is 7.05 Å². The number of ether oxygens (including phenoxy) is 1. The Morgan fingerprint density at radius 3 is 3.00 bits per heavy atom. The maximum atomic E-state index is 10.8. The molecule has 0 fully saturated rings. The Morgan fingerprint density at radius 1 is 1.60 bits per heavy atom. The van der Waals surface area contributed by atoms with Crippen molar-refractivity contribution in [3.05, 3.63) is 12.2 Å². The first-order valence-electron chi connectivity index (χ1n) is 4.84. The molecule has 0 bridgehead atoms. The second kappa shape index (κ2) is 6.13. The summed E-state index contributed by atoms with van der Waals surface area (Å²) in [6.07, 6.45) is 2.87. The second-order valence-corrected chi connectivity index (χ2v) is 3.18. The van der Waals surface area contributed by atoms with Crippen LogP contribution in [-0.4, -0.2) is 40.9 Å². The molecule has 1 aromatic heterocycles. The van der Waals surface area contributed by atoms with Crippen LogP contribution in [0.3, 0.4) is 0 Å². The van der Waals surface area contributed by atoms with E-state index in [0.29, 0.717) is 13.0 Å². The van der Waals surface area contributed by atoms with Gasteiger partial charge in [-0.1, -0.05) is 0 Å². The van der Waals surface area contributed by atoms with Crippen LogP contribution in [-0.2, 0) is 23.0 Å². The van der Waals surface area contributed by atoms with E-state index in [1.54, 1.807) is 6.33 Å². The third-order valence-electron chi connectivity index (χ3n) is 2.06. The highest BCUT2D eigenvalue weighted by atomic mass is 16.5. The zero-order chi connectivity index (χ0) is 11.1. The predicted molar refractivity (Wildman–Crippen MR) is 54.2 cm³/mol. The van der Waals surface area contributed by atoms with E-state index < -0.39 is 0 Å². The molecule has 6 heteroatoms. The van der Waals surface area contributed by atoms with Gasteiger partial charge in [0.05, 0.1) is 13.5 Å². The van der Waals surface area contributed by atoms with Crippen LogP contribution < -0.4 is 5.32 Å². The summed E-state index contributed by atoms with van der Waals surface area (Å²) < 4.78 is 6.39. The highest BCUT2D eigenvalue weighted by Crippen LogP contribution is 1.91. The molecule has 0 atom stereocenters. The molecule has 0 saturated heterocycles. The number of esters is 1. The minimum absolute atomic E-state index is 0.193. The van der Waals surface area contributed by atoms with Crippen molar-refractivity contribution in [3.8, 4) is 0 Å². The van der Waals surface area contributed by atoms with Crippen molar-refractivity contribution in [1.82, 2.24) is 20.1 Å². The summed E-state index contributed by atoms with van der Waals surface area (Å²) in [5, 5.41) is 10.9. The lowest BCUT2D eigenvalue weighted by atomic mass is 10.3. The van der Waals surface area contributed by atoms with E-state index in [1.165, 1.54) is 7.11 Å². The lowest BCUT2D eigenvalue weighted by Gasteiger charge is -2.03. The van der Waals surface area contributed by atoms with Gasteiger partial charge in [-0.05, 0) is 0 Å². The smallest absolute Gasteiger partial charge is 0.306 e. The molecule has 0 unspecified atom stereocenters. The molecule has 0 spiro atoms. The molecule has 0 saturated carbocycles. The number of hydrogen-bond acceptors (Lipinski definition) is 5. The number of nitrogens with one attached hydrogen (secondary N) is 1. The third-order valence-corrected chi connectivity index (χ3v) is 2.06. The topological polar surface area (TPSA) is 69.0 Å². The zero-order valence-corrected chi connectivity index (χ0v) is 9.06. The van der Waals surface area contributed by atoms with Crippen LogP contribution in [0.2, 0.25) is 0 Å². The maximum absolute atomic E-state index is 10.8. The summed E-state index contributed by atoms with van der Waals surface area (Å²) in [5.74, 6) is 0.738. The minimum Gasteiger partial charge on any atom is -0.469 e. The van der Waals surface area contributed by atoms with E-state index in [-0.39, 0.29) is 5.97 Å². The predicted octanol–water partition coefficient (Wildman–Crippen LogP) is -0.490. The number of hydrogen-bond donors (Lipinski definition) is 1. The summed E-state index contributed by atoms with van der Waals surface area (Å²) >= 11 is 0. The Labute approximate surface area is 88.6 Å². The lowest BCUT2D eigenvalue weighted by Crippen LogP contribution is -2.22. The maximum Gasteiger partial charge on any atom is 0.306 e. The molecular weight excluding hydrogens is 196 g/mol. The SMILES string of the molecule is COC(=O)CCNCCc1nncn1C. The molecule has 0 aliphatic carbocycles. The van der Waals surface area contributed by atoms with Crippen LogP contribution in [0.4, 0.5) is 0 Å². The van der Waals surface area contributed by atoms with Crippen LogP contribution in [0.25, 0.3) is 0 Å². The monoisotopic (exact) mass is 212 g/mol. The van der Waals surface area contributed by atoms with Gasteiger partial charge >= 0.3 is 5.97 Å². The fraction of sp³-hybridized carbons (Fsp3) is 0.667. The van der Waals surface area contributed by atoms with Crippen molar-refractivity contribution in [2.75, 3.05) is 20.2 Å². The van der Waals surface area contributed by atoms with E-state index in [2.05, 4.69) is 20.3 Å². The highest BCUT2D eigenvalue weighted by Gasteiger charge is 2.01. The number of aromatic nitrogens is 3. The van der Waals surface area contributed by atoms with Crippen LogP contribution in [0.15, 0.2) is 6.33 Å². The third kappa shape index (κ3) is 4.07. The number of carbonyl (C=O) groups excluding carboxylic acids is 1. The van der Waals surface area contributed by atoms with E-state index in [0.717, 1.165) is 18.8 Å². The molecule has 0 aromatic carbocycles.